The second-order valence-corrected chi connectivity index (χ2v) is 4.03. The number of aromatic nitrogens is 4. The molecule has 17 heavy (non-hydrogen) atoms. The first kappa shape index (κ1) is 12.0. The Balaban J connectivity index is 0.00000108. The molecule has 0 aliphatic carbocycles. The van der Waals surface area contributed by atoms with E-state index in [9.17, 15) is 0 Å². The van der Waals surface area contributed by atoms with Gasteiger partial charge in [-0.25, -0.2) is 4.68 Å². The number of halogens is 1. The van der Waals surface area contributed by atoms with Crippen LogP contribution in [0.5, 0.6) is 0 Å². The van der Waals surface area contributed by atoms with E-state index in [-0.39, 0.29) is 18.4 Å². The quantitative estimate of drug-likeness (QED) is 0.881. The van der Waals surface area contributed by atoms with Crippen LogP contribution in [-0.2, 0) is 0 Å². The Bertz CT molecular complexity index is 440. The van der Waals surface area contributed by atoms with E-state index in [0.29, 0.717) is 5.92 Å². The van der Waals surface area contributed by atoms with Crippen LogP contribution in [0.15, 0.2) is 36.9 Å². The highest BCUT2D eigenvalue weighted by Gasteiger charge is 2.30. The molecule has 1 saturated heterocycles. The third-order valence-corrected chi connectivity index (χ3v) is 3.01. The second-order valence-electron chi connectivity index (χ2n) is 4.03. The number of pyridine rings is 1. The average molecular weight is 252 g/mol. The van der Waals surface area contributed by atoms with Crippen LogP contribution in [0.4, 0.5) is 0 Å². The monoisotopic (exact) mass is 251 g/mol. The molecule has 0 amide bonds. The number of nitrogens with one attached hydrogen (secondary N) is 1. The Labute approximate surface area is 106 Å². The lowest BCUT2D eigenvalue weighted by atomic mass is 9.89. The van der Waals surface area contributed by atoms with Crippen LogP contribution in [0.1, 0.15) is 11.6 Å². The summed E-state index contributed by atoms with van der Waals surface area (Å²) in [7, 11) is 0. The Hall–Kier alpha value is -1.46. The zero-order valence-electron chi connectivity index (χ0n) is 9.23. The van der Waals surface area contributed by atoms with Gasteiger partial charge in [0.2, 0.25) is 0 Å². The molecule has 1 unspecified atom stereocenters. The van der Waals surface area contributed by atoms with Crippen LogP contribution < -0.4 is 5.32 Å². The Morgan fingerprint density at radius 3 is 2.76 bits per heavy atom. The van der Waals surface area contributed by atoms with Crippen LogP contribution in [-0.4, -0.2) is 33.1 Å². The van der Waals surface area contributed by atoms with E-state index in [1.807, 2.05) is 23.1 Å². The summed E-state index contributed by atoms with van der Waals surface area (Å²) in [6.07, 6.45) is 7.33. The molecule has 0 spiro atoms. The summed E-state index contributed by atoms with van der Waals surface area (Å²) in [5, 5.41) is 11.3. The van der Waals surface area contributed by atoms with Gasteiger partial charge in [0.25, 0.3) is 0 Å². The van der Waals surface area contributed by atoms with Crippen molar-refractivity contribution in [2.75, 3.05) is 13.1 Å². The van der Waals surface area contributed by atoms with Crippen molar-refractivity contribution in [3.8, 4) is 0 Å². The van der Waals surface area contributed by atoms with Crippen molar-refractivity contribution in [3.63, 3.8) is 0 Å². The highest BCUT2D eigenvalue weighted by molar-refractivity contribution is 5.85. The van der Waals surface area contributed by atoms with Crippen LogP contribution in [0.2, 0.25) is 0 Å². The Morgan fingerprint density at radius 1 is 1.35 bits per heavy atom. The molecule has 0 bridgehead atoms. The van der Waals surface area contributed by atoms with Crippen LogP contribution >= 0.6 is 12.4 Å². The van der Waals surface area contributed by atoms with Crippen molar-refractivity contribution in [3.05, 3.63) is 42.5 Å². The van der Waals surface area contributed by atoms with E-state index in [2.05, 4.69) is 26.7 Å². The van der Waals surface area contributed by atoms with Gasteiger partial charge in [-0.15, -0.1) is 17.5 Å². The average Bonchev–Trinajstić information content (AvgIpc) is 2.77. The highest BCUT2D eigenvalue weighted by atomic mass is 35.5. The van der Waals surface area contributed by atoms with Crippen molar-refractivity contribution < 1.29 is 0 Å². The van der Waals surface area contributed by atoms with E-state index >= 15 is 0 Å². The van der Waals surface area contributed by atoms with Crippen LogP contribution in [0.3, 0.4) is 0 Å². The van der Waals surface area contributed by atoms with Gasteiger partial charge in [-0.05, 0) is 11.6 Å². The predicted molar refractivity (Wildman–Crippen MR) is 66.0 cm³/mol. The summed E-state index contributed by atoms with van der Waals surface area (Å²) in [6, 6.07) is 4.31. The maximum absolute atomic E-state index is 4.17. The normalized spacial score (nSPS) is 16.9. The minimum absolute atomic E-state index is 0. The summed E-state index contributed by atoms with van der Waals surface area (Å²) in [4.78, 5) is 4.17. The summed E-state index contributed by atoms with van der Waals surface area (Å²) in [5.41, 5.74) is 1.19. The molecule has 3 heterocycles. The van der Waals surface area contributed by atoms with Crippen molar-refractivity contribution in [2.24, 2.45) is 5.92 Å². The first-order chi connectivity index (χ1) is 7.95. The molecule has 0 radical (unpaired) electrons. The summed E-state index contributed by atoms with van der Waals surface area (Å²) < 4.78 is 1.92. The van der Waals surface area contributed by atoms with Gasteiger partial charge in [-0.1, -0.05) is 11.3 Å². The zero-order chi connectivity index (χ0) is 10.8. The predicted octanol–water partition coefficient (Wildman–Crippen LogP) is 0.904. The molecule has 1 aliphatic heterocycles. The van der Waals surface area contributed by atoms with Gasteiger partial charge < -0.3 is 5.32 Å². The third-order valence-electron chi connectivity index (χ3n) is 3.01. The lowest BCUT2D eigenvalue weighted by Gasteiger charge is -2.34. The first-order valence-electron chi connectivity index (χ1n) is 5.41. The minimum atomic E-state index is 0. The number of hydrogen-bond acceptors (Lipinski definition) is 4. The molecular weight excluding hydrogens is 238 g/mol. The molecule has 1 atom stereocenters. The van der Waals surface area contributed by atoms with Crippen LogP contribution in [0, 0.1) is 5.92 Å². The van der Waals surface area contributed by atoms with E-state index < -0.39 is 0 Å². The number of rotatable bonds is 3. The van der Waals surface area contributed by atoms with Gasteiger partial charge in [0, 0.05) is 37.6 Å². The van der Waals surface area contributed by atoms with Gasteiger partial charge in [0.15, 0.2) is 0 Å². The van der Waals surface area contributed by atoms with Crippen molar-refractivity contribution in [1.29, 1.82) is 0 Å². The minimum Gasteiger partial charge on any atom is -0.316 e. The SMILES string of the molecule is Cl.c1cncc(C(C2CNC2)n2ccnn2)c1. The molecule has 3 rings (SSSR count). The molecule has 6 heteroatoms. The maximum atomic E-state index is 4.17. The maximum Gasteiger partial charge on any atom is 0.0853 e. The van der Waals surface area contributed by atoms with Crippen LogP contribution in [0.25, 0.3) is 0 Å². The van der Waals surface area contributed by atoms with Gasteiger partial charge in [-0.2, -0.15) is 0 Å². The van der Waals surface area contributed by atoms with E-state index in [0.717, 1.165) is 13.1 Å². The topological polar surface area (TPSA) is 55.6 Å². The Kier molecular flexibility index (Phi) is 3.71. The molecule has 0 saturated carbocycles. The summed E-state index contributed by atoms with van der Waals surface area (Å²) in [6.45, 7) is 2.05. The molecule has 1 N–H and O–H groups in total. The molecule has 1 aliphatic rings. The van der Waals surface area contributed by atoms with E-state index in [4.69, 9.17) is 0 Å². The molecule has 2 aromatic heterocycles. The lowest BCUT2D eigenvalue weighted by molar-refractivity contribution is 0.249. The van der Waals surface area contributed by atoms with Crippen molar-refractivity contribution >= 4 is 12.4 Å². The lowest BCUT2D eigenvalue weighted by Crippen LogP contribution is -2.47. The fourth-order valence-electron chi connectivity index (χ4n) is 2.09. The van der Waals surface area contributed by atoms with Crippen molar-refractivity contribution in [1.82, 2.24) is 25.3 Å². The van der Waals surface area contributed by atoms with E-state index in [1.165, 1.54) is 5.56 Å². The van der Waals surface area contributed by atoms with Gasteiger partial charge >= 0.3 is 0 Å². The smallest absolute Gasteiger partial charge is 0.0853 e. The highest BCUT2D eigenvalue weighted by Crippen LogP contribution is 2.27. The first-order valence-corrected chi connectivity index (χ1v) is 5.41. The summed E-state index contributed by atoms with van der Waals surface area (Å²) >= 11 is 0. The van der Waals surface area contributed by atoms with Gasteiger partial charge in [-0.3, -0.25) is 4.98 Å². The third kappa shape index (κ3) is 2.30. The molecule has 0 aromatic carbocycles. The Morgan fingerprint density at radius 2 is 2.24 bits per heavy atom. The molecule has 5 nitrogen and oxygen atoms in total. The fourth-order valence-corrected chi connectivity index (χ4v) is 2.09. The molecule has 90 valence electrons. The summed E-state index contributed by atoms with van der Waals surface area (Å²) in [5.74, 6) is 0.575. The standard InChI is InChI=1S/C11H13N5.ClH/c1-2-9(6-12-3-1)11(10-7-13-8-10)16-5-4-14-15-16;/h1-6,10-11,13H,7-8H2;1H. The molecule has 2 aromatic rings. The van der Waals surface area contributed by atoms with Gasteiger partial charge in [0.1, 0.15) is 0 Å². The second kappa shape index (κ2) is 5.25. The number of nitrogens with zero attached hydrogens (tertiary/aromatic N) is 4. The van der Waals surface area contributed by atoms with Gasteiger partial charge in [0.05, 0.1) is 12.2 Å². The zero-order valence-corrected chi connectivity index (χ0v) is 10.0. The van der Waals surface area contributed by atoms with Crippen molar-refractivity contribution in [2.45, 2.75) is 6.04 Å². The fraction of sp³-hybridized carbons (Fsp3) is 0.364. The molecule has 1 fully saturated rings. The van der Waals surface area contributed by atoms with E-state index in [1.54, 1.807) is 12.4 Å². The number of hydrogen-bond donors (Lipinski definition) is 1. The molecular formula is C11H14ClN5. The largest absolute Gasteiger partial charge is 0.316 e.